The molecule has 3 aromatic carbocycles. The van der Waals surface area contributed by atoms with Crippen molar-refractivity contribution in [2.75, 3.05) is 75.9 Å². The average molecular weight is 587 g/mol. The van der Waals surface area contributed by atoms with Crippen LogP contribution in [0.1, 0.15) is 11.1 Å². The van der Waals surface area contributed by atoms with Crippen molar-refractivity contribution in [2.24, 2.45) is 0 Å². The first kappa shape index (κ1) is 29.3. The summed E-state index contributed by atoms with van der Waals surface area (Å²) in [6.07, 6.45) is 0. The summed E-state index contributed by atoms with van der Waals surface area (Å²) in [5, 5.41) is 6.90. The molecule has 0 aliphatic carbocycles. The number of carbonyl (C=O) groups excluding carboxylic acids is 3. The quantitative estimate of drug-likeness (QED) is 0.389. The van der Waals surface area contributed by atoms with E-state index in [4.69, 9.17) is 11.6 Å². The first-order valence-corrected chi connectivity index (χ1v) is 14.3. The number of hydrogen-bond donors (Lipinski definition) is 2. The van der Waals surface area contributed by atoms with Gasteiger partial charge >= 0.3 is 0 Å². The summed E-state index contributed by atoms with van der Waals surface area (Å²) >= 11 is 6.18. The molecule has 0 unspecified atom stereocenters. The minimum absolute atomic E-state index is 0.0504. The fourth-order valence-electron chi connectivity index (χ4n) is 5.03. The maximum Gasteiger partial charge on any atom is 0.258 e. The van der Waals surface area contributed by atoms with Crippen LogP contribution < -0.4 is 15.5 Å². The Hall–Kier alpha value is -4.18. The maximum atomic E-state index is 13.5. The van der Waals surface area contributed by atoms with Crippen LogP contribution in [0.4, 0.5) is 17.1 Å². The Bertz CT molecular complexity index is 1500. The van der Waals surface area contributed by atoms with Crippen LogP contribution >= 0.6 is 11.6 Å². The molecule has 0 bridgehead atoms. The number of anilines is 3. The number of hydrogen-bond acceptors (Lipinski definition) is 6. The summed E-state index contributed by atoms with van der Waals surface area (Å²) in [6, 6.07) is 22.3. The molecule has 2 heterocycles. The van der Waals surface area contributed by atoms with Crippen LogP contribution in [0.5, 0.6) is 0 Å². The van der Waals surface area contributed by atoms with Crippen LogP contribution in [0.2, 0.25) is 5.02 Å². The highest BCUT2D eigenvalue weighted by atomic mass is 35.5. The molecule has 2 aliphatic rings. The molecule has 5 rings (SSSR count). The van der Waals surface area contributed by atoms with Gasteiger partial charge in [-0.1, -0.05) is 48.0 Å². The van der Waals surface area contributed by atoms with E-state index < -0.39 is 0 Å². The van der Waals surface area contributed by atoms with E-state index in [1.165, 1.54) is 4.90 Å². The Morgan fingerprint density at radius 1 is 0.929 bits per heavy atom. The second kappa shape index (κ2) is 12.8. The first-order valence-electron chi connectivity index (χ1n) is 13.9. The number of likely N-dealkylation sites (N-methyl/N-ethyl adjacent to an activating group) is 2. The molecule has 0 aromatic heterocycles. The fourth-order valence-corrected chi connectivity index (χ4v) is 5.20. The van der Waals surface area contributed by atoms with E-state index in [1.54, 1.807) is 31.1 Å². The monoisotopic (exact) mass is 586 g/mol. The van der Waals surface area contributed by atoms with E-state index in [0.29, 0.717) is 27.7 Å². The van der Waals surface area contributed by atoms with Crippen LogP contribution in [-0.2, 0) is 14.4 Å². The molecule has 0 atom stereocenters. The molecule has 0 spiro atoms. The van der Waals surface area contributed by atoms with Crippen LogP contribution in [0.25, 0.3) is 11.3 Å². The molecule has 10 heteroatoms. The topological polar surface area (TPSA) is 88.2 Å². The van der Waals surface area contributed by atoms with Gasteiger partial charge in [-0.2, -0.15) is 0 Å². The average Bonchev–Trinajstić information content (AvgIpc) is 3.30. The predicted molar refractivity (Wildman–Crippen MR) is 168 cm³/mol. The third kappa shape index (κ3) is 6.65. The molecular weight excluding hydrogens is 552 g/mol. The van der Waals surface area contributed by atoms with Gasteiger partial charge in [-0.15, -0.1) is 0 Å². The lowest BCUT2D eigenvalue weighted by Crippen LogP contribution is -2.50. The zero-order chi connectivity index (χ0) is 29.8. The first-order chi connectivity index (χ1) is 20.2. The number of nitrogens with zero attached hydrogens (tertiary/aromatic N) is 4. The predicted octanol–water partition coefficient (Wildman–Crippen LogP) is 3.94. The molecule has 2 N–H and O–H groups in total. The van der Waals surface area contributed by atoms with E-state index in [0.717, 1.165) is 43.0 Å². The summed E-state index contributed by atoms with van der Waals surface area (Å²) in [4.78, 5) is 46.7. The number of amides is 3. The van der Waals surface area contributed by atoms with Gasteiger partial charge in [0.15, 0.2) is 0 Å². The number of rotatable bonds is 8. The van der Waals surface area contributed by atoms with Crippen molar-refractivity contribution in [3.05, 3.63) is 88.9 Å². The van der Waals surface area contributed by atoms with Gasteiger partial charge in [0.1, 0.15) is 6.54 Å². The third-order valence-electron chi connectivity index (χ3n) is 7.53. The molecule has 1 fully saturated rings. The van der Waals surface area contributed by atoms with E-state index in [2.05, 4.69) is 27.5 Å². The minimum atomic E-state index is -0.224. The molecule has 0 saturated carbocycles. The van der Waals surface area contributed by atoms with Gasteiger partial charge in [0.25, 0.3) is 5.91 Å². The van der Waals surface area contributed by atoms with Crippen molar-refractivity contribution in [2.45, 2.75) is 0 Å². The lowest BCUT2D eigenvalue weighted by Gasteiger charge is -2.33. The summed E-state index contributed by atoms with van der Waals surface area (Å²) < 4.78 is 0. The highest BCUT2D eigenvalue weighted by molar-refractivity contribution is 6.38. The molecule has 9 nitrogen and oxygen atoms in total. The third-order valence-corrected chi connectivity index (χ3v) is 7.77. The van der Waals surface area contributed by atoms with Gasteiger partial charge in [0.05, 0.1) is 23.5 Å². The highest BCUT2D eigenvalue weighted by Gasteiger charge is 2.29. The number of benzene rings is 3. The normalized spacial score (nSPS) is 16.4. The van der Waals surface area contributed by atoms with Crippen molar-refractivity contribution >= 4 is 57.7 Å². The largest absolute Gasteiger partial charge is 0.354 e. The summed E-state index contributed by atoms with van der Waals surface area (Å²) in [5.74, 6) is -0.510. The van der Waals surface area contributed by atoms with Crippen molar-refractivity contribution in [1.82, 2.24) is 14.7 Å². The second-order valence-electron chi connectivity index (χ2n) is 10.8. The van der Waals surface area contributed by atoms with E-state index in [-0.39, 0.29) is 30.8 Å². The Morgan fingerprint density at radius 3 is 2.29 bits per heavy atom. The van der Waals surface area contributed by atoms with Gasteiger partial charge in [-0.3, -0.25) is 19.3 Å². The number of nitrogens with one attached hydrogen (secondary N) is 2. The van der Waals surface area contributed by atoms with Gasteiger partial charge in [-0.05, 0) is 49.0 Å². The standard InChI is InChI=1S/C32H35ClN6O3/c1-36(2)28(40)21-39(29(41)20-38-17-15-37(3)16-18-38)25-12-10-24(11-13-25)34-31(22-7-5-4-6-8-22)30-26-14-9-23(33)19-27(26)35-32(30)42/h4-14,19,34H,15-18,20-21H2,1-3H3,(H,35,42). The Morgan fingerprint density at radius 2 is 1.62 bits per heavy atom. The zero-order valence-electron chi connectivity index (χ0n) is 24.1. The zero-order valence-corrected chi connectivity index (χ0v) is 24.8. The minimum Gasteiger partial charge on any atom is -0.354 e. The van der Waals surface area contributed by atoms with Crippen LogP contribution in [-0.4, -0.2) is 92.8 Å². The highest BCUT2D eigenvalue weighted by Crippen LogP contribution is 2.38. The van der Waals surface area contributed by atoms with E-state index >= 15 is 0 Å². The van der Waals surface area contributed by atoms with Gasteiger partial charge in [-0.25, -0.2) is 0 Å². The number of fused-ring (bicyclic) bond motifs is 1. The van der Waals surface area contributed by atoms with Crippen LogP contribution in [0.15, 0.2) is 72.8 Å². The molecule has 42 heavy (non-hydrogen) atoms. The lowest BCUT2D eigenvalue weighted by molar-refractivity contribution is -0.129. The number of piperazine rings is 1. The van der Waals surface area contributed by atoms with Gasteiger partial charge < -0.3 is 25.3 Å². The van der Waals surface area contributed by atoms with Gasteiger partial charge in [0.2, 0.25) is 11.8 Å². The van der Waals surface area contributed by atoms with Crippen molar-refractivity contribution < 1.29 is 14.4 Å². The van der Waals surface area contributed by atoms with Crippen molar-refractivity contribution in [1.29, 1.82) is 0 Å². The van der Waals surface area contributed by atoms with Crippen LogP contribution in [0.3, 0.4) is 0 Å². The van der Waals surface area contributed by atoms with Crippen molar-refractivity contribution in [3.63, 3.8) is 0 Å². The van der Waals surface area contributed by atoms with Gasteiger partial charge in [0, 0.05) is 62.2 Å². The lowest BCUT2D eigenvalue weighted by atomic mass is 10.00. The van der Waals surface area contributed by atoms with E-state index in [9.17, 15) is 14.4 Å². The SMILES string of the molecule is CN1CCN(CC(=O)N(CC(=O)N(C)C)c2ccc(NC(=C3C(=O)Nc4cc(Cl)ccc43)c3ccccc3)cc2)CC1. The molecule has 2 aliphatic heterocycles. The summed E-state index contributed by atoms with van der Waals surface area (Å²) in [6.45, 7) is 3.61. The smallest absolute Gasteiger partial charge is 0.258 e. The molecule has 3 aromatic rings. The molecule has 1 saturated heterocycles. The molecule has 3 amide bonds. The Labute approximate surface area is 251 Å². The maximum absolute atomic E-state index is 13.5. The van der Waals surface area contributed by atoms with Crippen LogP contribution in [0, 0.1) is 0 Å². The molecule has 0 radical (unpaired) electrons. The molecular formula is C32H35ClN6O3. The van der Waals surface area contributed by atoms with Crippen molar-refractivity contribution in [3.8, 4) is 0 Å². The molecule has 218 valence electrons. The summed E-state index contributed by atoms with van der Waals surface area (Å²) in [7, 11) is 5.44. The number of halogens is 1. The Kier molecular flexibility index (Phi) is 8.91. The summed E-state index contributed by atoms with van der Waals surface area (Å²) in [5.41, 5.74) is 4.77. The number of carbonyl (C=O) groups is 3. The Balaban J connectivity index is 1.44. The second-order valence-corrected chi connectivity index (χ2v) is 11.2. The fraction of sp³-hybridized carbons (Fsp3) is 0.281. The van der Waals surface area contributed by atoms with E-state index in [1.807, 2.05) is 60.7 Å².